The highest BCUT2D eigenvalue weighted by atomic mass is 16.5. The SMILES string of the molecule is CCOc1ccc(C2C3=C(CC(C)(C)CC3=O)NC3=C2C(=O)CC(C)(C)C3)cc1OCC. The first kappa shape index (κ1) is 22.6. The fraction of sp³-hybridized carbons (Fsp3) is 0.556. The summed E-state index contributed by atoms with van der Waals surface area (Å²) in [5, 5.41) is 3.56. The molecule has 0 atom stereocenters. The molecule has 1 aliphatic heterocycles. The molecule has 2 aliphatic carbocycles. The van der Waals surface area contributed by atoms with E-state index in [1.807, 2.05) is 32.0 Å². The number of nitrogens with one attached hydrogen (secondary N) is 1. The maximum atomic E-state index is 13.4. The first-order valence-electron chi connectivity index (χ1n) is 11.7. The van der Waals surface area contributed by atoms with Crippen LogP contribution in [-0.4, -0.2) is 24.8 Å². The second-order valence-corrected chi connectivity index (χ2v) is 10.8. The normalized spacial score (nSPS) is 22.3. The molecule has 0 spiro atoms. The van der Waals surface area contributed by atoms with E-state index in [2.05, 4.69) is 33.0 Å². The lowest BCUT2D eigenvalue weighted by molar-refractivity contribution is -0.119. The van der Waals surface area contributed by atoms with E-state index in [0.29, 0.717) is 37.6 Å². The Morgan fingerprint density at radius 3 is 1.81 bits per heavy atom. The highest BCUT2D eigenvalue weighted by molar-refractivity contribution is 6.06. The van der Waals surface area contributed by atoms with Gasteiger partial charge >= 0.3 is 0 Å². The summed E-state index contributed by atoms with van der Waals surface area (Å²) in [6.07, 6.45) is 2.57. The van der Waals surface area contributed by atoms with Gasteiger partial charge in [-0.05, 0) is 55.2 Å². The van der Waals surface area contributed by atoms with E-state index < -0.39 is 0 Å². The molecule has 5 heteroatoms. The van der Waals surface area contributed by atoms with Gasteiger partial charge in [-0.15, -0.1) is 0 Å². The summed E-state index contributed by atoms with van der Waals surface area (Å²) >= 11 is 0. The molecular weight excluding hydrogens is 402 g/mol. The first-order valence-corrected chi connectivity index (χ1v) is 11.7. The molecule has 3 aliphatic rings. The fourth-order valence-electron chi connectivity index (χ4n) is 5.47. The standard InChI is InChI=1S/C27H35NO4/c1-7-31-21-10-9-16(11-22(21)32-8-2)23-24-17(12-26(3,4)14-19(24)29)28-18-13-27(5,6)15-20(30)25(18)23/h9-11,23,28H,7-8,12-15H2,1-6H3. The van der Waals surface area contributed by atoms with Crippen LogP contribution in [0, 0.1) is 10.8 Å². The zero-order valence-corrected chi connectivity index (χ0v) is 20.2. The Kier molecular flexibility index (Phi) is 5.72. The Hall–Kier alpha value is -2.56. The van der Waals surface area contributed by atoms with Crippen LogP contribution in [0.4, 0.5) is 0 Å². The van der Waals surface area contributed by atoms with Crippen molar-refractivity contribution in [3.8, 4) is 11.5 Å². The molecule has 0 saturated heterocycles. The van der Waals surface area contributed by atoms with Crippen molar-refractivity contribution in [2.45, 2.75) is 73.1 Å². The summed E-state index contributed by atoms with van der Waals surface area (Å²) in [6.45, 7) is 13.5. The van der Waals surface area contributed by atoms with Crippen molar-refractivity contribution in [1.82, 2.24) is 5.32 Å². The fourth-order valence-corrected chi connectivity index (χ4v) is 5.47. The van der Waals surface area contributed by atoms with Crippen LogP contribution in [0.5, 0.6) is 11.5 Å². The molecule has 4 rings (SSSR count). The number of carbonyl (C=O) groups is 2. The lowest BCUT2D eigenvalue weighted by atomic mass is 9.64. The second kappa shape index (κ2) is 8.09. The summed E-state index contributed by atoms with van der Waals surface area (Å²) < 4.78 is 11.6. The van der Waals surface area contributed by atoms with Gasteiger partial charge in [0.2, 0.25) is 0 Å². The molecule has 0 saturated carbocycles. The predicted octanol–water partition coefficient (Wildman–Crippen LogP) is 5.46. The molecule has 0 bridgehead atoms. The summed E-state index contributed by atoms with van der Waals surface area (Å²) in [5.41, 5.74) is 4.18. The molecule has 0 amide bonds. The Bertz CT molecular complexity index is 976. The Balaban J connectivity index is 1.89. The van der Waals surface area contributed by atoms with Gasteiger partial charge in [-0.2, -0.15) is 0 Å². The van der Waals surface area contributed by atoms with E-state index in [9.17, 15) is 9.59 Å². The Labute approximate surface area is 191 Å². The van der Waals surface area contributed by atoms with E-state index >= 15 is 0 Å². The van der Waals surface area contributed by atoms with Gasteiger partial charge < -0.3 is 14.8 Å². The molecule has 0 fully saturated rings. The first-order chi connectivity index (χ1) is 15.0. The quantitative estimate of drug-likeness (QED) is 0.663. The molecule has 1 heterocycles. The van der Waals surface area contributed by atoms with Crippen LogP contribution >= 0.6 is 0 Å². The van der Waals surface area contributed by atoms with Crippen molar-refractivity contribution in [2.24, 2.45) is 10.8 Å². The average molecular weight is 438 g/mol. The highest BCUT2D eigenvalue weighted by Gasteiger charge is 2.46. The third kappa shape index (κ3) is 4.10. The smallest absolute Gasteiger partial charge is 0.162 e. The number of allylic oxidation sites excluding steroid dienone is 4. The second-order valence-electron chi connectivity index (χ2n) is 10.8. The minimum Gasteiger partial charge on any atom is -0.490 e. The van der Waals surface area contributed by atoms with Gasteiger partial charge in [-0.25, -0.2) is 0 Å². The molecule has 5 nitrogen and oxygen atoms in total. The molecule has 1 N–H and O–H groups in total. The summed E-state index contributed by atoms with van der Waals surface area (Å²) in [4.78, 5) is 26.9. The van der Waals surface area contributed by atoms with Gasteiger partial charge in [0.25, 0.3) is 0 Å². The largest absolute Gasteiger partial charge is 0.490 e. The van der Waals surface area contributed by atoms with Crippen molar-refractivity contribution in [2.75, 3.05) is 13.2 Å². The maximum Gasteiger partial charge on any atom is 0.162 e. The number of hydrogen-bond acceptors (Lipinski definition) is 5. The number of ketones is 2. The third-order valence-electron chi connectivity index (χ3n) is 6.62. The van der Waals surface area contributed by atoms with Gasteiger partial charge in [-0.3, -0.25) is 9.59 Å². The lowest BCUT2D eigenvalue weighted by Gasteiger charge is -2.44. The van der Waals surface area contributed by atoms with E-state index in [0.717, 1.165) is 40.9 Å². The molecular formula is C27H35NO4. The minimum atomic E-state index is -0.358. The number of Topliss-reactive ketones (excluding diaryl/α,β-unsaturated/α-hetero) is 2. The number of hydrogen-bond donors (Lipinski definition) is 1. The number of ether oxygens (including phenoxy) is 2. The zero-order valence-electron chi connectivity index (χ0n) is 20.2. The van der Waals surface area contributed by atoms with Crippen LogP contribution < -0.4 is 14.8 Å². The monoisotopic (exact) mass is 437 g/mol. The van der Waals surface area contributed by atoms with Gasteiger partial charge in [0.05, 0.1) is 13.2 Å². The Morgan fingerprint density at radius 1 is 0.812 bits per heavy atom. The third-order valence-corrected chi connectivity index (χ3v) is 6.62. The minimum absolute atomic E-state index is 0.102. The van der Waals surface area contributed by atoms with Crippen LogP contribution in [0.15, 0.2) is 40.7 Å². The van der Waals surface area contributed by atoms with Gasteiger partial charge in [0.1, 0.15) is 0 Å². The maximum absolute atomic E-state index is 13.4. The van der Waals surface area contributed by atoms with Crippen molar-refractivity contribution < 1.29 is 19.1 Å². The van der Waals surface area contributed by atoms with Crippen LogP contribution in [0.3, 0.4) is 0 Å². The predicted molar refractivity (Wildman–Crippen MR) is 125 cm³/mol. The summed E-state index contributed by atoms with van der Waals surface area (Å²) in [7, 11) is 0. The van der Waals surface area contributed by atoms with E-state index in [4.69, 9.17) is 9.47 Å². The number of rotatable bonds is 5. The molecule has 0 unspecified atom stereocenters. The number of benzene rings is 1. The molecule has 32 heavy (non-hydrogen) atoms. The molecule has 172 valence electrons. The van der Waals surface area contributed by atoms with Crippen LogP contribution in [0.25, 0.3) is 0 Å². The van der Waals surface area contributed by atoms with Crippen molar-refractivity contribution in [3.63, 3.8) is 0 Å². The van der Waals surface area contributed by atoms with Crippen LogP contribution in [-0.2, 0) is 9.59 Å². The molecule has 1 aromatic carbocycles. The van der Waals surface area contributed by atoms with Crippen molar-refractivity contribution in [1.29, 1.82) is 0 Å². The highest BCUT2D eigenvalue weighted by Crippen LogP contribution is 2.51. The average Bonchev–Trinajstić information content (AvgIpc) is 2.66. The van der Waals surface area contributed by atoms with E-state index in [1.54, 1.807) is 0 Å². The molecule has 1 aromatic rings. The topological polar surface area (TPSA) is 64.6 Å². The van der Waals surface area contributed by atoms with Gasteiger partial charge in [0, 0.05) is 41.3 Å². The van der Waals surface area contributed by atoms with Gasteiger partial charge in [-0.1, -0.05) is 33.8 Å². The van der Waals surface area contributed by atoms with Crippen molar-refractivity contribution >= 4 is 11.6 Å². The summed E-state index contributed by atoms with van der Waals surface area (Å²) in [6, 6.07) is 5.85. The lowest BCUT2D eigenvalue weighted by Crippen LogP contribution is -2.42. The molecule has 0 radical (unpaired) electrons. The van der Waals surface area contributed by atoms with E-state index in [-0.39, 0.29) is 28.3 Å². The molecule has 0 aromatic heterocycles. The van der Waals surface area contributed by atoms with Gasteiger partial charge in [0.15, 0.2) is 23.1 Å². The van der Waals surface area contributed by atoms with Crippen molar-refractivity contribution in [3.05, 3.63) is 46.3 Å². The summed E-state index contributed by atoms with van der Waals surface area (Å²) in [5.74, 6) is 1.24. The van der Waals surface area contributed by atoms with E-state index in [1.165, 1.54) is 0 Å². The Morgan fingerprint density at radius 2 is 1.31 bits per heavy atom. The number of carbonyl (C=O) groups excluding carboxylic acids is 2. The van der Waals surface area contributed by atoms with Crippen LogP contribution in [0.2, 0.25) is 0 Å². The van der Waals surface area contributed by atoms with Crippen LogP contribution in [0.1, 0.15) is 78.7 Å². The number of dihydropyridines is 1. The zero-order chi connectivity index (χ0) is 23.3.